The first kappa shape index (κ1) is 13.2. The number of phenolic OH excluding ortho intramolecular Hbond substituents is 1. The van der Waals surface area contributed by atoms with Crippen LogP contribution in [0.4, 0.5) is 0 Å². The van der Waals surface area contributed by atoms with Crippen molar-refractivity contribution in [3.8, 4) is 5.75 Å². The first-order valence-corrected chi connectivity index (χ1v) is 8.22. The Morgan fingerprint density at radius 2 is 2.10 bits per heavy atom. The zero-order valence-electron chi connectivity index (χ0n) is 12.7. The molecule has 1 aromatic rings. The summed E-state index contributed by atoms with van der Waals surface area (Å²) in [5.41, 5.74) is 4.35. The largest absolute Gasteiger partial charge is 0.508 e. The molecule has 3 heteroatoms. The molecule has 21 heavy (non-hydrogen) atoms. The molecule has 3 aliphatic carbocycles. The molecule has 0 bridgehead atoms. The number of nitrogens with two attached hydrogens (primary N) is 1. The lowest BCUT2D eigenvalue weighted by molar-refractivity contribution is 0.0955. The van der Waals surface area contributed by atoms with Crippen molar-refractivity contribution >= 4 is 5.71 Å². The van der Waals surface area contributed by atoms with Crippen LogP contribution < -0.4 is 5.84 Å². The summed E-state index contributed by atoms with van der Waals surface area (Å²) < 4.78 is 0. The first-order chi connectivity index (χ1) is 10.1. The average molecular weight is 284 g/mol. The summed E-state index contributed by atoms with van der Waals surface area (Å²) >= 11 is 0. The van der Waals surface area contributed by atoms with E-state index in [4.69, 9.17) is 5.84 Å². The average Bonchev–Trinajstić information content (AvgIpc) is 2.83. The van der Waals surface area contributed by atoms with Crippen LogP contribution in [0, 0.1) is 17.3 Å². The quantitative estimate of drug-likeness (QED) is 0.565. The monoisotopic (exact) mass is 284 g/mol. The molecule has 3 aliphatic rings. The van der Waals surface area contributed by atoms with Gasteiger partial charge in [-0.15, -0.1) is 0 Å². The van der Waals surface area contributed by atoms with Gasteiger partial charge in [0, 0.05) is 11.1 Å². The van der Waals surface area contributed by atoms with Gasteiger partial charge in [-0.2, -0.15) is 5.10 Å². The number of fused-ring (bicyclic) bond motifs is 5. The Bertz CT molecular complexity index is 609. The highest BCUT2D eigenvalue weighted by molar-refractivity contribution is 5.92. The normalized spacial score (nSPS) is 39.7. The van der Waals surface area contributed by atoms with Gasteiger partial charge < -0.3 is 10.9 Å². The van der Waals surface area contributed by atoms with Crippen molar-refractivity contribution in [1.29, 1.82) is 0 Å². The third kappa shape index (κ3) is 1.76. The SMILES string of the molecule is C[C@]12CC[C@@H]3c4ccc(O)cc4CC[C@H]3[C@@H]1CCC2=NN. The van der Waals surface area contributed by atoms with Gasteiger partial charge in [-0.1, -0.05) is 13.0 Å². The van der Waals surface area contributed by atoms with Gasteiger partial charge in [-0.25, -0.2) is 0 Å². The molecular formula is C18H24N2O. The molecule has 0 amide bonds. The second-order valence-electron chi connectivity index (χ2n) is 7.37. The molecule has 2 fully saturated rings. The van der Waals surface area contributed by atoms with E-state index in [1.807, 2.05) is 12.1 Å². The molecular weight excluding hydrogens is 260 g/mol. The minimum Gasteiger partial charge on any atom is -0.508 e. The van der Waals surface area contributed by atoms with E-state index in [1.54, 1.807) is 0 Å². The van der Waals surface area contributed by atoms with E-state index in [9.17, 15) is 5.11 Å². The van der Waals surface area contributed by atoms with E-state index in [2.05, 4.69) is 18.1 Å². The summed E-state index contributed by atoms with van der Waals surface area (Å²) in [7, 11) is 0. The topological polar surface area (TPSA) is 58.6 Å². The fourth-order valence-electron chi connectivity index (χ4n) is 5.57. The van der Waals surface area contributed by atoms with E-state index in [-0.39, 0.29) is 5.41 Å². The lowest BCUT2D eigenvalue weighted by Gasteiger charge is -2.49. The van der Waals surface area contributed by atoms with Crippen molar-refractivity contribution in [3.63, 3.8) is 0 Å². The van der Waals surface area contributed by atoms with Gasteiger partial charge >= 0.3 is 0 Å². The Hall–Kier alpha value is -1.51. The number of hydrogen-bond acceptors (Lipinski definition) is 3. The van der Waals surface area contributed by atoms with Crippen LogP contribution in [0.5, 0.6) is 5.75 Å². The molecule has 0 saturated heterocycles. The van der Waals surface area contributed by atoms with Crippen LogP contribution >= 0.6 is 0 Å². The Morgan fingerprint density at radius 3 is 2.90 bits per heavy atom. The second-order valence-corrected chi connectivity index (χ2v) is 7.37. The molecule has 0 radical (unpaired) electrons. The van der Waals surface area contributed by atoms with E-state index >= 15 is 0 Å². The summed E-state index contributed by atoms with van der Waals surface area (Å²) in [5.74, 6) is 8.23. The van der Waals surface area contributed by atoms with Gasteiger partial charge in [-0.05, 0) is 79.5 Å². The Balaban J connectivity index is 1.72. The smallest absolute Gasteiger partial charge is 0.115 e. The number of aromatic hydroxyl groups is 1. The highest BCUT2D eigenvalue weighted by atomic mass is 16.3. The Labute approximate surface area is 126 Å². The summed E-state index contributed by atoms with van der Waals surface area (Å²) in [6.07, 6.45) is 7.12. The molecule has 0 heterocycles. The minimum atomic E-state index is 0.240. The zero-order valence-corrected chi connectivity index (χ0v) is 12.7. The highest BCUT2D eigenvalue weighted by Gasteiger charge is 2.53. The Kier molecular flexibility index (Phi) is 2.82. The number of phenols is 1. The van der Waals surface area contributed by atoms with Gasteiger partial charge in [0.1, 0.15) is 5.75 Å². The molecule has 4 atom stereocenters. The van der Waals surface area contributed by atoms with Crippen LogP contribution in [-0.4, -0.2) is 10.8 Å². The molecule has 1 aromatic carbocycles. The van der Waals surface area contributed by atoms with Gasteiger partial charge in [0.05, 0.1) is 0 Å². The van der Waals surface area contributed by atoms with Crippen LogP contribution in [0.2, 0.25) is 0 Å². The van der Waals surface area contributed by atoms with Crippen LogP contribution in [0.1, 0.15) is 56.1 Å². The summed E-state index contributed by atoms with van der Waals surface area (Å²) in [5, 5.41) is 13.8. The van der Waals surface area contributed by atoms with E-state index in [0.717, 1.165) is 24.7 Å². The third-order valence-electron chi connectivity index (χ3n) is 6.61. The van der Waals surface area contributed by atoms with Crippen molar-refractivity contribution < 1.29 is 5.11 Å². The maximum absolute atomic E-state index is 9.71. The number of hydrazone groups is 1. The van der Waals surface area contributed by atoms with Crippen molar-refractivity contribution in [2.45, 2.75) is 51.4 Å². The van der Waals surface area contributed by atoms with Crippen LogP contribution in [-0.2, 0) is 6.42 Å². The van der Waals surface area contributed by atoms with Gasteiger partial charge in [0.2, 0.25) is 0 Å². The zero-order chi connectivity index (χ0) is 14.6. The number of aryl methyl sites for hydroxylation is 1. The van der Waals surface area contributed by atoms with Crippen LogP contribution in [0.25, 0.3) is 0 Å². The maximum atomic E-state index is 9.71. The number of hydrogen-bond donors (Lipinski definition) is 2. The standard InChI is InChI=1S/C18H24N2O/c1-18-9-8-14-13-5-3-12(21)10-11(13)2-4-15(14)16(18)6-7-17(18)20-19/h3,5,10,14-16,21H,2,4,6-9,19H2,1H3/t14-,15-,16+,18+/m1/s1. The van der Waals surface area contributed by atoms with Gasteiger partial charge in [-0.3, -0.25) is 0 Å². The number of benzene rings is 1. The van der Waals surface area contributed by atoms with Crippen molar-refractivity contribution in [1.82, 2.24) is 0 Å². The predicted octanol–water partition coefficient (Wildman–Crippen LogP) is 3.56. The minimum absolute atomic E-state index is 0.240. The molecule has 0 aromatic heterocycles. The van der Waals surface area contributed by atoms with Gasteiger partial charge in [0.15, 0.2) is 0 Å². The molecule has 3 N–H and O–H groups in total. The highest BCUT2D eigenvalue weighted by Crippen LogP contribution is 2.59. The Morgan fingerprint density at radius 1 is 1.24 bits per heavy atom. The predicted molar refractivity (Wildman–Crippen MR) is 84.3 cm³/mol. The number of nitrogens with zero attached hydrogens (tertiary/aromatic N) is 1. The third-order valence-corrected chi connectivity index (χ3v) is 6.61. The molecule has 0 unspecified atom stereocenters. The lowest BCUT2D eigenvalue weighted by Crippen LogP contribution is -2.42. The van der Waals surface area contributed by atoms with Gasteiger partial charge in [0.25, 0.3) is 0 Å². The number of rotatable bonds is 0. The molecule has 4 rings (SSSR count). The summed E-state index contributed by atoms with van der Waals surface area (Å²) in [4.78, 5) is 0. The van der Waals surface area contributed by atoms with Crippen molar-refractivity contribution in [3.05, 3.63) is 29.3 Å². The lowest BCUT2D eigenvalue weighted by atomic mass is 9.55. The molecule has 2 saturated carbocycles. The fourth-order valence-corrected chi connectivity index (χ4v) is 5.57. The van der Waals surface area contributed by atoms with E-state index in [1.165, 1.54) is 42.5 Å². The van der Waals surface area contributed by atoms with Crippen LogP contribution in [0.3, 0.4) is 0 Å². The molecule has 0 aliphatic heterocycles. The van der Waals surface area contributed by atoms with Crippen LogP contribution in [0.15, 0.2) is 23.3 Å². The summed E-state index contributed by atoms with van der Waals surface area (Å²) in [6.45, 7) is 2.39. The molecule has 0 spiro atoms. The van der Waals surface area contributed by atoms with Crippen molar-refractivity contribution in [2.24, 2.45) is 28.2 Å². The molecule has 112 valence electrons. The molecule has 3 nitrogen and oxygen atoms in total. The van der Waals surface area contributed by atoms with E-state index in [0.29, 0.717) is 11.7 Å². The van der Waals surface area contributed by atoms with Crippen molar-refractivity contribution in [2.75, 3.05) is 0 Å². The summed E-state index contributed by atoms with van der Waals surface area (Å²) in [6, 6.07) is 5.99. The van der Waals surface area contributed by atoms with E-state index < -0.39 is 0 Å². The second kappa shape index (κ2) is 4.49. The first-order valence-electron chi connectivity index (χ1n) is 8.22. The fraction of sp³-hybridized carbons (Fsp3) is 0.611. The maximum Gasteiger partial charge on any atom is 0.115 e.